The zero-order chi connectivity index (χ0) is 34.6. The Hall–Kier alpha value is -3.75. The monoisotopic (exact) mass is 668 g/mol. The van der Waals surface area contributed by atoms with Gasteiger partial charge >= 0.3 is 18.1 Å². The van der Waals surface area contributed by atoms with Gasteiger partial charge in [0.2, 0.25) is 0 Å². The molecule has 0 saturated heterocycles. The normalized spacial score (nSPS) is 12.1. The predicted octanol–water partition coefficient (Wildman–Crippen LogP) is 11.3. The van der Waals surface area contributed by atoms with Gasteiger partial charge in [-0.15, -0.1) is 0 Å². The van der Waals surface area contributed by atoms with Crippen molar-refractivity contribution in [1.29, 1.82) is 0 Å². The number of carbonyl (C=O) groups excluding carboxylic acids is 2. The highest BCUT2D eigenvalue weighted by Gasteiger charge is 2.42. The molecule has 0 fully saturated rings. The summed E-state index contributed by atoms with van der Waals surface area (Å²) in [6, 6.07) is 12.0. The van der Waals surface area contributed by atoms with Crippen LogP contribution in [0.15, 0.2) is 60.9 Å². The van der Waals surface area contributed by atoms with Gasteiger partial charge in [0.25, 0.3) is 0 Å². The highest BCUT2D eigenvalue weighted by atomic mass is 19.4. The second kappa shape index (κ2) is 21.3. The van der Waals surface area contributed by atoms with Gasteiger partial charge in [0.15, 0.2) is 11.9 Å². The summed E-state index contributed by atoms with van der Waals surface area (Å²) in [4.78, 5) is 34.1. The highest BCUT2D eigenvalue weighted by molar-refractivity contribution is 5.92. The maximum absolute atomic E-state index is 13.4. The average Bonchev–Trinajstić information content (AvgIpc) is 3.08. The zero-order valence-corrected chi connectivity index (χ0v) is 28.5. The fourth-order valence-corrected chi connectivity index (χ4v) is 5.45. The fraction of sp³-hybridized carbons (Fsp3) is 0.538. The summed E-state index contributed by atoms with van der Waals surface area (Å²) in [7, 11) is 0. The zero-order valence-electron chi connectivity index (χ0n) is 28.5. The molecule has 3 rings (SSSR count). The number of carbonyl (C=O) groups is 2. The molecule has 0 aliphatic rings. The summed E-state index contributed by atoms with van der Waals surface area (Å²) in [6.45, 7) is 4.22. The molecule has 1 aromatic heterocycles. The lowest BCUT2D eigenvalue weighted by molar-refractivity contribution is -0.206. The van der Waals surface area contributed by atoms with Crippen LogP contribution in [0.1, 0.15) is 143 Å². The summed E-state index contributed by atoms with van der Waals surface area (Å²) in [6.07, 6.45) is 14.7. The summed E-state index contributed by atoms with van der Waals surface area (Å²) in [5.74, 6) is -0.993. The molecule has 2 aromatic carbocycles. The first-order chi connectivity index (χ1) is 23.2. The number of benzene rings is 2. The summed E-state index contributed by atoms with van der Waals surface area (Å²) in [5, 5.41) is 0. The number of hydrogen-bond acceptors (Lipinski definition) is 6. The van der Waals surface area contributed by atoms with Crippen LogP contribution < -0.4 is 4.74 Å². The molecule has 262 valence electrons. The number of alkyl halides is 3. The molecule has 0 amide bonds. The van der Waals surface area contributed by atoms with Crippen molar-refractivity contribution in [3.63, 3.8) is 0 Å². The molecular formula is C39H51F3N2O4. The van der Waals surface area contributed by atoms with Crippen molar-refractivity contribution < 1.29 is 32.2 Å². The third kappa shape index (κ3) is 14.2. The van der Waals surface area contributed by atoms with Crippen LogP contribution in [0.25, 0.3) is 11.4 Å². The number of nitrogens with zero attached hydrogens (tertiary/aromatic N) is 2. The molecule has 0 radical (unpaired) electrons. The number of ether oxygens (including phenoxy) is 2. The Kier molecular flexibility index (Phi) is 17.1. The van der Waals surface area contributed by atoms with Gasteiger partial charge in [0.05, 0.1) is 11.1 Å². The van der Waals surface area contributed by atoms with Crippen LogP contribution in [-0.4, -0.2) is 34.2 Å². The summed E-state index contributed by atoms with van der Waals surface area (Å²) >= 11 is 0. The number of aryl methyl sites for hydroxylation is 1. The fourth-order valence-electron chi connectivity index (χ4n) is 5.45. The van der Waals surface area contributed by atoms with Crippen molar-refractivity contribution in [3.05, 3.63) is 77.6 Å². The lowest BCUT2D eigenvalue weighted by Gasteiger charge is -2.20. The largest absolute Gasteiger partial charge is 0.449 e. The van der Waals surface area contributed by atoms with E-state index in [1.165, 1.54) is 88.5 Å². The third-order valence-electron chi connectivity index (χ3n) is 8.39. The first-order valence-corrected chi connectivity index (χ1v) is 17.7. The van der Waals surface area contributed by atoms with Gasteiger partial charge in [0, 0.05) is 18.0 Å². The van der Waals surface area contributed by atoms with Crippen molar-refractivity contribution in [3.8, 4) is 17.1 Å². The molecule has 0 aliphatic carbocycles. The topological polar surface area (TPSA) is 78.4 Å². The maximum atomic E-state index is 13.4. The molecule has 0 aliphatic heterocycles. The minimum Gasteiger partial charge on any atom is -0.449 e. The molecule has 0 N–H and O–H groups in total. The molecule has 0 bridgehead atoms. The van der Waals surface area contributed by atoms with Gasteiger partial charge in [0.1, 0.15) is 5.75 Å². The van der Waals surface area contributed by atoms with Gasteiger partial charge in [-0.3, -0.25) is 0 Å². The number of rotatable bonds is 22. The van der Waals surface area contributed by atoms with Gasteiger partial charge in [-0.2, -0.15) is 13.2 Å². The molecule has 0 saturated carbocycles. The minimum absolute atomic E-state index is 0.0632. The molecular weight excluding hydrogens is 617 g/mol. The van der Waals surface area contributed by atoms with E-state index >= 15 is 0 Å². The van der Waals surface area contributed by atoms with Gasteiger partial charge in [-0.1, -0.05) is 109 Å². The number of aromatic nitrogens is 2. The highest BCUT2D eigenvalue weighted by Crippen LogP contribution is 2.28. The first-order valence-electron chi connectivity index (χ1n) is 17.7. The third-order valence-corrected chi connectivity index (χ3v) is 8.39. The second-order valence-electron chi connectivity index (χ2n) is 12.5. The SMILES string of the molecule is CCCCCCCCCCCCCc1cnc(-c2ccc(C(=O)Oc3ccc(C(=O)O[C@@H](CCCCCC)C(F)(F)F)cc3)cc2)nc1. The molecule has 48 heavy (non-hydrogen) atoms. The van der Waals surface area contributed by atoms with Gasteiger partial charge < -0.3 is 9.47 Å². The van der Waals surface area contributed by atoms with Gasteiger partial charge in [-0.05, 0) is 67.6 Å². The van der Waals surface area contributed by atoms with E-state index in [0.717, 1.165) is 36.8 Å². The Bertz CT molecular complexity index is 1340. The van der Waals surface area contributed by atoms with Crippen LogP contribution in [0.3, 0.4) is 0 Å². The Morgan fingerprint density at radius 1 is 0.646 bits per heavy atom. The Morgan fingerprint density at radius 2 is 1.12 bits per heavy atom. The summed E-state index contributed by atoms with van der Waals surface area (Å²) < 4.78 is 50.4. The van der Waals surface area contributed by atoms with E-state index < -0.39 is 24.2 Å². The molecule has 6 nitrogen and oxygen atoms in total. The number of unbranched alkanes of at least 4 members (excludes halogenated alkanes) is 13. The van der Waals surface area contributed by atoms with E-state index in [1.54, 1.807) is 24.3 Å². The Morgan fingerprint density at radius 3 is 1.67 bits per heavy atom. The van der Waals surface area contributed by atoms with E-state index in [2.05, 4.69) is 16.9 Å². The second-order valence-corrected chi connectivity index (χ2v) is 12.5. The lowest BCUT2D eigenvalue weighted by Crippen LogP contribution is -2.33. The van der Waals surface area contributed by atoms with Crippen LogP contribution in [0.5, 0.6) is 5.75 Å². The predicted molar refractivity (Wildman–Crippen MR) is 183 cm³/mol. The van der Waals surface area contributed by atoms with Crippen molar-refractivity contribution in [2.24, 2.45) is 0 Å². The molecule has 0 spiro atoms. The first kappa shape index (κ1) is 38.7. The van der Waals surface area contributed by atoms with Crippen molar-refractivity contribution in [2.45, 2.75) is 135 Å². The van der Waals surface area contributed by atoms with E-state index in [-0.39, 0.29) is 17.7 Å². The van der Waals surface area contributed by atoms with E-state index in [1.807, 2.05) is 19.3 Å². The molecule has 3 aromatic rings. The van der Waals surface area contributed by atoms with E-state index in [0.29, 0.717) is 24.2 Å². The number of halogens is 3. The van der Waals surface area contributed by atoms with Gasteiger partial charge in [-0.25, -0.2) is 19.6 Å². The summed E-state index contributed by atoms with van der Waals surface area (Å²) in [5.41, 5.74) is 2.10. The molecule has 1 heterocycles. The van der Waals surface area contributed by atoms with Crippen LogP contribution in [-0.2, 0) is 11.2 Å². The molecule has 0 unspecified atom stereocenters. The van der Waals surface area contributed by atoms with Crippen LogP contribution in [0.2, 0.25) is 0 Å². The molecule has 9 heteroatoms. The van der Waals surface area contributed by atoms with Crippen molar-refractivity contribution in [2.75, 3.05) is 0 Å². The number of hydrogen-bond donors (Lipinski definition) is 0. The molecule has 1 atom stereocenters. The van der Waals surface area contributed by atoms with E-state index in [4.69, 9.17) is 9.47 Å². The van der Waals surface area contributed by atoms with Crippen molar-refractivity contribution in [1.82, 2.24) is 9.97 Å². The average molecular weight is 669 g/mol. The van der Waals surface area contributed by atoms with Crippen LogP contribution >= 0.6 is 0 Å². The smallest absolute Gasteiger partial charge is 0.425 e. The maximum Gasteiger partial charge on any atom is 0.425 e. The van der Waals surface area contributed by atoms with E-state index in [9.17, 15) is 22.8 Å². The van der Waals surface area contributed by atoms with Crippen LogP contribution in [0.4, 0.5) is 13.2 Å². The van der Waals surface area contributed by atoms with Crippen LogP contribution in [0, 0.1) is 0 Å². The lowest BCUT2D eigenvalue weighted by atomic mass is 10.0. The van der Waals surface area contributed by atoms with Crippen molar-refractivity contribution >= 4 is 11.9 Å². The Labute approximate surface area is 283 Å². The minimum atomic E-state index is -4.64. The number of esters is 2. The quantitative estimate of drug-likeness (QED) is 0.0602. The standard InChI is InChI=1S/C39H51F3N2O4/c1-3-5-7-9-10-11-12-13-14-15-16-18-30-28-43-36(44-29-30)31-20-22-32(23-21-31)37(45)47-34-26-24-33(25-27-34)38(46)48-35(39(40,41)42)19-17-8-6-4-2/h20-29,35H,3-19H2,1-2H3/t35-/m0/s1. The Balaban J connectivity index is 1.41.